The quantitative estimate of drug-likeness (QED) is 0.0675. The normalized spacial score (nSPS) is 13.9. The summed E-state index contributed by atoms with van der Waals surface area (Å²) in [4.78, 5) is 0. The zero-order valence-electron chi connectivity index (χ0n) is 25.0. The second-order valence-corrected chi connectivity index (χ2v) is 20.6. The first kappa shape index (κ1) is 47.2. The van der Waals surface area contributed by atoms with E-state index in [0.29, 0.717) is 24.3 Å². The molecule has 0 saturated heterocycles. The molecular formula is C24H6F12I4O12S4. The summed E-state index contributed by atoms with van der Waals surface area (Å²) in [6, 6.07) is 2.44. The maximum atomic E-state index is 13.7. The van der Waals surface area contributed by atoms with Crippen LogP contribution in [-0.4, -0.2) is 55.7 Å². The number of alkyl halides is 12. The number of fused-ring (bicyclic) bond motifs is 2. The summed E-state index contributed by atoms with van der Waals surface area (Å²) in [6.45, 7) is 0. The molecule has 4 aromatic rings. The molecule has 310 valence electrons. The van der Waals surface area contributed by atoms with E-state index >= 15 is 0 Å². The van der Waals surface area contributed by atoms with Crippen molar-refractivity contribution < 1.29 is 103 Å². The summed E-state index contributed by atoms with van der Waals surface area (Å²) in [7, 11) is -27.7. The fraction of sp³-hybridized carbons (Fsp3) is 0.167. The zero-order valence-corrected chi connectivity index (χ0v) is 36.9. The van der Waals surface area contributed by atoms with Crippen molar-refractivity contribution in [1.82, 2.24) is 0 Å². The maximum absolute atomic E-state index is 13.7. The van der Waals surface area contributed by atoms with Crippen LogP contribution in [0.4, 0.5) is 52.7 Å². The average Bonchev–Trinajstić information content (AvgIpc) is 2.99. The van der Waals surface area contributed by atoms with Crippen molar-refractivity contribution in [2.24, 2.45) is 0 Å². The van der Waals surface area contributed by atoms with Gasteiger partial charge in [0.25, 0.3) is 0 Å². The SMILES string of the molecule is O=S(=O)(Oc1ccc2c(I)c(I)cc(OS(=O)(=O)C(F)(F)F)c2c1-c1c(OS(=O)(=O)C(F)(F)F)ccc2c(I)c(I)cc(OS(=O)(=O)C(F)(F)F)c12)C(F)(F)F. The highest BCUT2D eigenvalue weighted by Gasteiger charge is 2.52. The first-order chi connectivity index (χ1) is 25.0. The molecule has 0 unspecified atom stereocenters. The van der Waals surface area contributed by atoms with Crippen LogP contribution < -0.4 is 16.7 Å². The van der Waals surface area contributed by atoms with Gasteiger partial charge in [0.2, 0.25) is 0 Å². The number of rotatable bonds is 9. The first-order valence-corrected chi connectivity index (χ1v) is 22.8. The Hall–Kier alpha value is -1.52. The molecule has 12 nitrogen and oxygen atoms in total. The van der Waals surface area contributed by atoms with Gasteiger partial charge in [-0.1, -0.05) is 0 Å². The van der Waals surface area contributed by atoms with E-state index in [1.807, 2.05) is 0 Å². The van der Waals surface area contributed by atoms with Crippen LogP contribution in [0.15, 0.2) is 36.4 Å². The van der Waals surface area contributed by atoms with Gasteiger partial charge in [0.15, 0.2) is 23.0 Å². The standard InChI is InChI=1S/C24H6F12I4O12S4/c25-21(26,27)53(41,42)49-11-3-1-7-15(13(5-9(37)19(7)39)51-55(45,46)23(31,32)33)17(11)18-12(50-54(43,44)22(28,29)30)4-2-8-16(18)14(6-10(38)20(8)40)52-56(47,48)24(34,35)36/h1-6H. The first-order valence-electron chi connectivity index (χ1n) is 12.9. The number of halogens is 16. The summed E-state index contributed by atoms with van der Waals surface area (Å²) < 4.78 is 278. The molecule has 0 fully saturated rings. The van der Waals surface area contributed by atoms with Crippen LogP contribution in [0.5, 0.6) is 23.0 Å². The van der Waals surface area contributed by atoms with E-state index in [1.165, 1.54) is 90.4 Å². The minimum absolute atomic E-state index is 0.229. The van der Waals surface area contributed by atoms with Crippen LogP contribution in [0.25, 0.3) is 32.7 Å². The van der Waals surface area contributed by atoms with Gasteiger partial charge in [-0.3, -0.25) is 0 Å². The number of hydrogen-bond acceptors (Lipinski definition) is 12. The largest absolute Gasteiger partial charge is 0.534 e. The molecule has 0 spiro atoms. The van der Waals surface area contributed by atoms with E-state index in [4.69, 9.17) is 0 Å². The molecular weight excluding hydrogens is 1340 g/mol. The monoisotopic (exact) mass is 1350 g/mol. The van der Waals surface area contributed by atoms with Crippen LogP contribution in [0.2, 0.25) is 0 Å². The molecule has 0 aliphatic heterocycles. The molecule has 56 heavy (non-hydrogen) atoms. The summed E-state index contributed by atoms with van der Waals surface area (Å²) in [6.07, 6.45) is 0. The smallest absolute Gasteiger partial charge is 0.375 e. The molecule has 0 amide bonds. The lowest BCUT2D eigenvalue weighted by Crippen LogP contribution is -2.29. The van der Waals surface area contributed by atoms with Crippen molar-refractivity contribution in [2.75, 3.05) is 0 Å². The topological polar surface area (TPSA) is 173 Å². The summed E-state index contributed by atoms with van der Waals surface area (Å²) in [5.74, 6) is -7.00. The van der Waals surface area contributed by atoms with Gasteiger partial charge in [-0.25, -0.2) is 0 Å². The Bertz CT molecular complexity index is 2570. The number of benzene rings is 4. The molecule has 0 aliphatic rings. The Morgan fingerprint density at radius 2 is 0.625 bits per heavy atom. The van der Waals surface area contributed by atoms with Crippen molar-refractivity contribution in [3.63, 3.8) is 0 Å². The molecule has 0 atom stereocenters. The third kappa shape index (κ3) is 8.98. The van der Waals surface area contributed by atoms with Crippen LogP contribution in [0.3, 0.4) is 0 Å². The van der Waals surface area contributed by atoms with E-state index in [1.54, 1.807) is 0 Å². The van der Waals surface area contributed by atoms with E-state index in [2.05, 4.69) is 16.7 Å². The highest BCUT2D eigenvalue weighted by atomic mass is 127. The van der Waals surface area contributed by atoms with E-state index in [9.17, 15) is 86.4 Å². The highest BCUT2D eigenvalue weighted by Crippen LogP contribution is 2.54. The summed E-state index contributed by atoms with van der Waals surface area (Å²) in [5.41, 5.74) is -28.8. The van der Waals surface area contributed by atoms with Gasteiger partial charge in [-0.15, -0.1) is 0 Å². The van der Waals surface area contributed by atoms with Crippen molar-refractivity contribution in [3.8, 4) is 34.1 Å². The fourth-order valence-electron chi connectivity index (χ4n) is 4.23. The molecule has 0 aliphatic carbocycles. The molecule has 0 heterocycles. The molecule has 0 bridgehead atoms. The van der Waals surface area contributed by atoms with Crippen molar-refractivity contribution >= 4 is 152 Å². The third-order valence-electron chi connectivity index (χ3n) is 6.42. The third-order valence-corrected chi connectivity index (χ3v) is 16.4. The summed E-state index contributed by atoms with van der Waals surface area (Å²) >= 11 is 5.48. The van der Waals surface area contributed by atoms with Crippen LogP contribution in [0.1, 0.15) is 0 Å². The minimum atomic E-state index is -7.00. The Balaban J connectivity index is 2.50. The van der Waals surface area contributed by atoms with Crippen molar-refractivity contribution in [2.45, 2.75) is 22.0 Å². The lowest BCUT2D eigenvalue weighted by atomic mass is 9.91. The zero-order chi connectivity index (χ0) is 43.2. The predicted molar refractivity (Wildman–Crippen MR) is 200 cm³/mol. The van der Waals surface area contributed by atoms with Gasteiger partial charge in [0.1, 0.15) is 0 Å². The van der Waals surface area contributed by atoms with Gasteiger partial charge < -0.3 is 16.7 Å². The minimum Gasteiger partial charge on any atom is -0.375 e. The van der Waals surface area contributed by atoms with Gasteiger partial charge >= 0.3 is 62.5 Å². The van der Waals surface area contributed by atoms with Crippen molar-refractivity contribution in [1.29, 1.82) is 0 Å². The number of hydrogen-bond donors (Lipinski definition) is 0. The van der Waals surface area contributed by atoms with Crippen LogP contribution in [0, 0.1) is 14.3 Å². The van der Waals surface area contributed by atoms with Gasteiger partial charge in [-0.05, 0) is 127 Å². The second-order valence-electron chi connectivity index (χ2n) is 10.00. The maximum Gasteiger partial charge on any atom is 0.534 e. The Kier molecular flexibility index (Phi) is 12.8. The predicted octanol–water partition coefficient (Wildman–Crippen LogP) is 8.99. The Morgan fingerprint density at radius 3 is 0.857 bits per heavy atom. The van der Waals surface area contributed by atoms with Crippen molar-refractivity contribution in [3.05, 3.63) is 50.7 Å². The molecule has 0 N–H and O–H groups in total. The molecule has 4 aromatic carbocycles. The molecule has 0 saturated carbocycles. The van der Waals surface area contributed by atoms with Gasteiger partial charge in [0.05, 0.1) is 0 Å². The fourth-order valence-corrected chi connectivity index (χ4v) is 8.45. The molecule has 0 radical (unpaired) electrons. The van der Waals surface area contributed by atoms with Gasteiger partial charge in [0, 0.05) is 47.0 Å². The highest BCUT2D eigenvalue weighted by molar-refractivity contribution is 14.1. The lowest BCUT2D eigenvalue weighted by Gasteiger charge is -2.23. The molecule has 0 aromatic heterocycles. The van der Waals surface area contributed by atoms with E-state index in [-0.39, 0.29) is 26.4 Å². The summed E-state index contributed by atoms with van der Waals surface area (Å²) in [5, 5.41) is -4.08. The molecule has 4 rings (SSSR count). The van der Waals surface area contributed by atoms with Crippen LogP contribution >= 0.6 is 90.4 Å². The van der Waals surface area contributed by atoms with E-state index in [0.717, 1.165) is 0 Å². The lowest BCUT2D eigenvalue weighted by molar-refractivity contribution is -0.0505. The molecule has 32 heteroatoms. The Labute approximate surface area is 358 Å². The second kappa shape index (κ2) is 15.2. The Morgan fingerprint density at radius 1 is 0.393 bits per heavy atom. The van der Waals surface area contributed by atoms with Crippen LogP contribution in [-0.2, 0) is 40.5 Å². The van der Waals surface area contributed by atoms with E-state index < -0.39 is 118 Å². The van der Waals surface area contributed by atoms with Gasteiger partial charge in [-0.2, -0.15) is 86.4 Å². The average molecular weight is 1350 g/mol.